The van der Waals surface area contributed by atoms with Crippen LogP contribution in [-0.4, -0.2) is 78.6 Å². The molecule has 7 heteroatoms. The molecule has 1 aromatic carbocycles. The zero-order valence-corrected chi connectivity index (χ0v) is 16.5. The standard InChI is InChI=1S/C21H28N4O3/c1-27-13-12-23-8-10-25(11-9-23)21(26)19-16-28-20(22-19)15-24-7-6-17-4-2-3-5-18(17)14-24/h2-5,16H,6-15H2,1H3. The van der Waals surface area contributed by atoms with Crippen molar-refractivity contribution in [3.8, 4) is 0 Å². The highest BCUT2D eigenvalue weighted by atomic mass is 16.5. The van der Waals surface area contributed by atoms with Gasteiger partial charge in [-0.2, -0.15) is 0 Å². The summed E-state index contributed by atoms with van der Waals surface area (Å²) in [6.07, 6.45) is 2.54. The molecule has 4 rings (SSSR count). The number of carbonyl (C=O) groups excluding carboxylic acids is 1. The zero-order valence-electron chi connectivity index (χ0n) is 16.5. The first-order chi connectivity index (χ1) is 13.7. The van der Waals surface area contributed by atoms with Gasteiger partial charge in [-0.25, -0.2) is 4.98 Å². The Morgan fingerprint density at radius 3 is 2.68 bits per heavy atom. The third-order valence-corrected chi connectivity index (χ3v) is 5.61. The first kappa shape index (κ1) is 19.1. The fourth-order valence-corrected chi connectivity index (χ4v) is 3.92. The van der Waals surface area contributed by atoms with Gasteiger partial charge in [0.15, 0.2) is 5.69 Å². The lowest BCUT2D eigenvalue weighted by Crippen LogP contribution is -2.49. The number of benzene rings is 1. The molecule has 1 aromatic heterocycles. The molecule has 28 heavy (non-hydrogen) atoms. The second kappa shape index (κ2) is 8.86. The van der Waals surface area contributed by atoms with E-state index in [2.05, 4.69) is 39.0 Å². The molecule has 0 N–H and O–H groups in total. The Bertz CT molecular complexity index is 798. The van der Waals surface area contributed by atoms with Crippen molar-refractivity contribution < 1.29 is 13.9 Å². The molecule has 150 valence electrons. The van der Waals surface area contributed by atoms with Crippen LogP contribution in [0, 0.1) is 0 Å². The van der Waals surface area contributed by atoms with Crippen molar-refractivity contribution in [1.82, 2.24) is 19.7 Å². The van der Waals surface area contributed by atoms with Crippen molar-refractivity contribution in [2.45, 2.75) is 19.5 Å². The fourth-order valence-electron chi connectivity index (χ4n) is 3.92. The third-order valence-electron chi connectivity index (χ3n) is 5.61. The minimum absolute atomic E-state index is 0.0367. The summed E-state index contributed by atoms with van der Waals surface area (Å²) in [6, 6.07) is 8.55. The molecule has 1 amide bonds. The molecule has 0 saturated carbocycles. The molecule has 0 spiro atoms. The summed E-state index contributed by atoms with van der Waals surface area (Å²) in [6.45, 7) is 7.30. The van der Waals surface area contributed by atoms with E-state index in [9.17, 15) is 4.79 Å². The maximum Gasteiger partial charge on any atom is 0.275 e. The molecule has 0 unspecified atom stereocenters. The fraction of sp³-hybridized carbons (Fsp3) is 0.524. The van der Waals surface area contributed by atoms with E-state index < -0.39 is 0 Å². The summed E-state index contributed by atoms with van der Waals surface area (Å²) in [5, 5.41) is 0. The van der Waals surface area contributed by atoms with Gasteiger partial charge >= 0.3 is 0 Å². The van der Waals surface area contributed by atoms with Gasteiger partial charge < -0.3 is 14.1 Å². The Kier molecular flexibility index (Phi) is 6.04. The first-order valence-corrected chi connectivity index (χ1v) is 9.97. The van der Waals surface area contributed by atoms with Crippen LogP contribution in [0.3, 0.4) is 0 Å². The average Bonchev–Trinajstić information content (AvgIpc) is 3.20. The van der Waals surface area contributed by atoms with Gasteiger partial charge in [0.25, 0.3) is 5.91 Å². The number of fused-ring (bicyclic) bond motifs is 1. The summed E-state index contributed by atoms with van der Waals surface area (Å²) in [4.78, 5) is 23.7. The Labute approximate surface area is 165 Å². The van der Waals surface area contributed by atoms with Gasteiger partial charge in [0.2, 0.25) is 5.89 Å². The van der Waals surface area contributed by atoms with Crippen molar-refractivity contribution >= 4 is 5.91 Å². The Morgan fingerprint density at radius 1 is 1.11 bits per heavy atom. The maximum absolute atomic E-state index is 12.7. The molecule has 0 aliphatic carbocycles. The van der Waals surface area contributed by atoms with Crippen LogP contribution in [0.15, 0.2) is 34.9 Å². The molecule has 0 radical (unpaired) electrons. The van der Waals surface area contributed by atoms with Crippen molar-refractivity contribution in [2.24, 2.45) is 0 Å². The topological polar surface area (TPSA) is 62.1 Å². The van der Waals surface area contributed by atoms with Gasteiger partial charge in [-0.3, -0.25) is 14.6 Å². The monoisotopic (exact) mass is 384 g/mol. The number of methoxy groups -OCH3 is 1. The minimum Gasteiger partial charge on any atom is -0.447 e. The second-order valence-corrected chi connectivity index (χ2v) is 7.48. The molecular weight excluding hydrogens is 356 g/mol. The van der Waals surface area contributed by atoms with Crippen molar-refractivity contribution in [3.63, 3.8) is 0 Å². The summed E-state index contributed by atoms with van der Waals surface area (Å²) >= 11 is 0. The number of amides is 1. The molecule has 2 aromatic rings. The normalized spacial score (nSPS) is 18.2. The summed E-state index contributed by atoms with van der Waals surface area (Å²) < 4.78 is 10.7. The molecule has 1 fully saturated rings. The van der Waals surface area contributed by atoms with Crippen LogP contribution in [0.4, 0.5) is 0 Å². The van der Waals surface area contributed by atoms with Crippen LogP contribution in [-0.2, 0) is 24.2 Å². The highest BCUT2D eigenvalue weighted by Crippen LogP contribution is 2.20. The average molecular weight is 384 g/mol. The first-order valence-electron chi connectivity index (χ1n) is 9.97. The van der Waals surface area contributed by atoms with Crippen LogP contribution >= 0.6 is 0 Å². The van der Waals surface area contributed by atoms with E-state index in [4.69, 9.17) is 9.15 Å². The van der Waals surface area contributed by atoms with Gasteiger partial charge in [0.05, 0.1) is 13.2 Å². The third kappa shape index (κ3) is 4.43. The molecule has 2 aliphatic rings. The Balaban J connectivity index is 1.30. The molecule has 7 nitrogen and oxygen atoms in total. The van der Waals surface area contributed by atoms with E-state index in [1.807, 2.05) is 4.90 Å². The Morgan fingerprint density at radius 2 is 1.89 bits per heavy atom. The van der Waals surface area contributed by atoms with Crippen LogP contribution in [0.1, 0.15) is 27.5 Å². The smallest absolute Gasteiger partial charge is 0.275 e. The molecule has 2 aliphatic heterocycles. The predicted molar refractivity (Wildman–Crippen MR) is 105 cm³/mol. The van der Waals surface area contributed by atoms with Crippen LogP contribution in [0.25, 0.3) is 0 Å². The van der Waals surface area contributed by atoms with E-state index in [1.54, 1.807) is 7.11 Å². The lowest BCUT2D eigenvalue weighted by molar-refractivity contribution is 0.0588. The van der Waals surface area contributed by atoms with Crippen LogP contribution < -0.4 is 0 Å². The highest BCUT2D eigenvalue weighted by molar-refractivity contribution is 5.92. The summed E-state index contributed by atoms with van der Waals surface area (Å²) in [5.41, 5.74) is 3.20. The SMILES string of the molecule is COCCN1CCN(C(=O)c2coc(CN3CCc4ccccc4C3)n2)CC1. The van der Waals surface area contributed by atoms with Gasteiger partial charge in [-0.1, -0.05) is 24.3 Å². The van der Waals surface area contributed by atoms with E-state index >= 15 is 0 Å². The van der Waals surface area contributed by atoms with E-state index in [1.165, 1.54) is 17.4 Å². The quantitative estimate of drug-likeness (QED) is 0.755. The van der Waals surface area contributed by atoms with Crippen molar-refractivity contribution in [2.75, 3.05) is 53.0 Å². The number of oxazole rings is 1. The van der Waals surface area contributed by atoms with Gasteiger partial charge in [-0.15, -0.1) is 0 Å². The second-order valence-electron chi connectivity index (χ2n) is 7.48. The summed E-state index contributed by atoms with van der Waals surface area (Å²) in [7, 11) is 1.71. The number of carbonyl (C=O) groups is 1. The van der Waals surface area contributed by atoms with Crippen LogP contribution in [0.2, 0.25) is 0 Å². The highest BCUT2D eigenvalue weighted by Gasteiger charge is 2.25. The Hall–Kier alpha value is -2.22. The molecule has 0 atom stereocenters. The van der Waals surface area contributed by atoms with Crippen molar-refractivity contribution in [1.29, 1.82) is 0 Å². The van der Waals surface area contributed by atoms with Gasteiger partial charge in [0.1, 0.15) is 6.26 Å². The zero-order chi connectivity index (χ0) is 19.3. The maximum atomic E-state index is 12.7. The number of hydrogen-bond donors (Lipinski definition) is 0. The lowest BCUT2D eigenvalue weighted by Gasteiger charge is -2.34. The van der Waals surface area contributed by atoms with Crippen LogP contribution in [0.5, 0.6) is 0 Å². The van der Waals surface area contributed by atoms with E-state index in [0.717, 1.165) is 45.8 Å². The van der Waals surface area contributed by atoms with E-state index in [0.29, 0.717) is 31.2 Å². The van der Waals surface area contributed by atoms with Crippen molar-refractivity contribution in [3.05, 3.63) is 53.2 Å². The largest absolute Gasteiger partial charge is 0.447 e. The molecule has 0 bridgehead atoms. The molecule has 1 saturated heterocycles. The van der Waals surface area contributed by atoms with Gasteiger partial charge in [-0.05, 0) is 17.5 Å². The summed E-state index contributed by atoms with van der Waals surface area (Å²) in [5.74, 6) is 0.576. The number of piperazine rings is 1. The number of ether oxygens (including phenoxy) is 1. The molecular formula is C21H28N4O3. The van der Waals surface area contributed by atoms with E-state index in [-0.39, 0.29) is 5.91 Å². The predicted octanol–water partition coefficient (Wildman–Crippen LogP) is 1.64. The number of nitrogens with zero attached hydrogens (tertiary/aromatic N) is 4. The van der Waals surface area contributed by atoms with Gasteiger partial charge in [0, 0.05) is 52.9 Å². The lowest BCUT2D eigenvalue weighted by atomic mass is 10.00. The molecule has 3 heterocycles. The number of rotatable bonds is 6. The number of aromatic nitrogens is 1. The minimum atomic E-state index is -0.0367. The number of hydrogen-bond acceptors (Lipinski definition) is 6.